The summed E-state index contributed by atoms with van der Waals surface area (Å²) in [6, 6.07) is 8.31. The monoisotopic (exact) mass is 379 g/mol. The molecule has 3 amide bonds. The third-order valence-electron chi connectivity index (χ3n) is 3.38. The maximum atomic E-state index is 11.9. The van der Waals surface area contributed by atoms with E-state index in [1.165, 1.54) is 0 Å². The van der Waals surface area contributed by atoms with Gasteiger partial charge >= 0.3 is 12.2 Å². The van der Waals surface area contributed by atoms with Crippen LogP contribution in [0.5, 0.6) is 0 Å². The Morgan fingerprint density at radius 3 is 2.37 bits per heavy atom. The van der Waals surface area contributed by atoms with Gasteiger partial charge in [-0.2, -0.15) is 0 Å². The molecular weight excluding hydrogens is 350 g/mol. The smallest absolute Gasteiger partial charge is 0.414 e. The zero-order valence-electron chi connectivity index (χ0n) is 16.1. The Bertz CT molecular complexity index is 614. The molecule has 0 aliphatic heterocycles. The summed E-state index contributed by atoms with van der Waals surface area (Å²) in [5.41, 5.74) is 6.05. The third-order valence-corrected chi connectivity index (χ3v) is 3.38. The molecular formula is C19H29N3O5. The number of amides is 3. The van der Waals surface area contributed by atoms with Gasteiger partial charge in [0.25, 0.3) is 0 Å². The highest BCUT2D eigenvalue weighted by Gasteiger charge is 2.17. The number of alkyl carbamates (subject to hydrolysis) is 2. The minimum absolute atomic E-state index is 0.0749. The number of nitrogens with two attached hydrogens (primary N) is 1. The van der Waals surface area contributed by atoms with Crippen LogP contribution >= 0.6 is 0 Å². The lowest BCUT2D eigenvalue weighted by molar-refractivity contribution is -0.121. The van der Waals surface area contributed by atoms with E-state index in [-0.39, 0.29) is 6.61 Å². The maximum absolute atomic E-state index is 11.9. The van der Waals surface area contributed by atoms with Gasteiger partial charge in [0.15, 0.2) is 0 Å². The molecule has 150 valence electrons. The van der Waals surface area contributed by atoms with Crippen LogP contribution in [0.25, 0.3) is 0 Å². The van der Waals surface area contributed by atoms with Gasteiger partial charge < -0.3 is 20.5 Å². The summed E-state index contributed by atoms with van der Waals surface area (Å²) in [4.78, 5) is 35.0. The standard InChI is InChI=1S/C19H29N3O5/c1-19(2,3)27-17(24)21-12-8-7-11-15(20)16(23)22-18(25)26-13-14-9-5-4-6-10-14/h4-6,9-10,15H,7-8,11-13,20H2,1-3H3,(H,21,24)(H,22,23,25)/t15-/m0/s1. The van der Waals surface area contributed by atoms with E-state index < -0.39 is 29.7 Å². The van der Waals surface area contributed by atoms with E-state index in [1.807, 2.05) is 30.3 Å². The number of hydrogen-bond acceptors (Lipinski definition) is 6. The van der Waals surface area contributed by atoms with Gasteiger partial charge in [-0.25, -0.2) is 9.59 Å². The first-order chi connectivity index (χ1) is 12.7. The zero-order chi connectivity index (χ0) is 20.3. The van der Waals surface area contributed by atoms with E-state index in [2.05, 4.69) is 10.6 Å². The van der Waals surface area contributed by atoms with Crippen LogP contribution in [0.1, 0.15) is 45.6 Å². The molecule has 1 rings (SSSR count). The lowest BCUT2D eigenvalue weighted by Gasteiger charge is -2.19. The van der Waals surface area contributed by atoms with Gasteiger partial charge in [-0.15, -0.1) is 0 Å². The molecule has 8 heteroatoms. The van der Waals surface area contributed by atoms with Crippen LogP contribution in [0.15, 0.2) is 30.3 Å². The van der Waals surface area contributed by atoms with E-state index >= 15 is 0 Å². The molecule has 0 saturated carbocycles. The van der Waals surface area contributed by atoms with Gasteiger partial charge in [0, 0.05) is 6.54 Å². The molecule has 8 nitrogen and oxygen atoms in total. The normalized spacial score (nSPS) is 12.0. The Hall–Kier alpha value is -2.61. The van der Waals surface area contributed by atoms with Crippen LogP contribution in [-0.2, 0) is 20.9 Å². The van der Waals surface area contributed by atoms with Crippen molar-refractivity contribution in [3.8, 4) is 0 Å². The highest BCUT2D eigenvalue weighted by molar-refractivity contribution is 5.94. The molecule has 0 aliphatic rings. The second-order valence-electron chi connectivity index (χ2n) is 7.08. The maximum Gasteiger partial charge on any atom is 0.414 e. The lowest BCUT2D eigenvalue weighted by atomic mass is 10.1. The molecule has 4 N–H and O–H groups in total. The Morgan fingerprint density at radius 2 is 1.74 bits per heavy atom. The van der Waals surface area contributed by atoms with Gasteiger partial charge in [0.2, 0.25) is 5.91 Å². The van der Waals surface area contributed by atoms with Crippen molar-refractivity contribution in [1.82, 2.24) is 10.6 Å². The van der Waals surface area contributed by atoms with Gasteiger partial charge in [-0.05, 0) is 45.6 Å². The molecule has 0 unspecified atom stereocenters. The van der Waals surface area contributed by atoms with Crippen molar-refractivity contribution in [1.29, 1.82) is 0 Å². The minimum atomic E-state index is -0.828. The molecule has 0 saturated heterocycles. The fourth-order valence-corrected chi connectivity index (χ4v) is 2.08. The van der Waals surface area contributed by atoms with Crippen molar-refractivity contribution in [2.75, 3.05) is 6.54 Å². The van der Waals surface area contributed by atoms with Crippen molar-refractivity contribution in [2.24, 2.45) is 5.73 Å². The van der Waals surface area contributed by atoms with E-state index in [0.717, 1.165) is 5.56 Å². The first-order valence-electron chi connectivity index (χ1n) is 8.91. The summed E-state index contributed by atoms with van der Waals surface area (Å²) in [6.45, 7) is 5.85. The van der Waals surface area contributed by atoms with Gasteiger partial charge in [0.1, 0.15) is 12.2 Å². The molecule has 0 fully saturated rings. The van der Waals surface area contributed by atoms with E-state index in [0.29, 0.717) is 25.8 Å². The number of benzene rings is 1. The zero-order valence-corrected chi connectivity index (χ0v) is 16.1. The number of carbonyl (C=O) groups is 3. The summed E-state index contributed by atoms with van der Waals surface area (Å²) in [5.74, 6) is -0.590. The summed E-state index contributed by atoms with van der Waals surface area (Å²) in [7, 11) is 0. The number of unbranched alkanes of at least 4 members (excludes halogenated alkanes) is 1. The highest BCUT2D eigenvalue weighted by Crippen LogP contribution is 2.06. The van der Waals surface area contributed by atoms with Gasteiger partial charge in [-0.3, -0.25) is 10.1 Å². The largest absolute Gasteiger partial charge is 0.444 e. The molecule has 27 heavy (non-hydrogen) atoms. The van der Waals surface area contributed by atoms with Crippen molar-refractivity contribution in [3.05, 3.63) is 35.9 Å². The highest BCUT2D eigenvalue weighted by atomic mass is 16.6. The molecule has 1 atom stereocenters. The second-order valence-corrected chi connectivity index (χ2v) is 7.08. The predicted molar refractivity (Wildman–Crippen MR) is 101 cm³/mol. The number of carbonyl (C=O) groups excluding carboxylic acids is 3. The quantitative estimate of drug-likeness (QED) is 0.597. The van der Waals surface area contributed by atoms with Gasteiger partial charge in [0.05, 0.1) is 6.04 Å². The van der Waals surface area contributed by atoms with Crippen LogP contribution in [-0.4, -0.2) is 36.3 Å². The summed E-state index contributed by atoms with van der Waals surface area (Å²) < 4.78 is 10.1. The van der Waals surface area contributed by atoms with Crippen LogP contribution in [0, 0.1) is 0 Å². The van der Waals surface area contributed by atoms with E-state index in [1.54, 1.807) is 20.8 Å². The topological polar surface area (TPSA) is 120 Å². The van der Waals surface area contributed by atoms with Crippen molar-refractivity contribution in [3.63, 3.8) is 0 Å². The van der Waals surface area contributed by atoms with Gasteiger partial charge in [-0.1, -0.05) is 30.3 Å². The van der Waals surface area contributed by atoms with Crippen LogP contribution < -0.4 is 16.4 Å². The fraction of sp³-hybridized carbons (Fsp3) is 0.526. The number of imide groups is 1. The lowest BCUT2D eigenvalue weighted by Crippen LogP contribution is -2.43. The van der Waals surface area contributed by atoms with Crippen molar-refractivity contribution in [2.45, 2.75) is 58.3 Å². The molecule has 0 bridgehead atoms. The van der Waals surface area contributed by atoms with Crippen LogP contribution in [0.4, 0.5) is 9.59 Å². The summed E-state index contributed by atoms with van der Waals surface area (Å²) >= 11 is 0. The minimum Gasteiger partial charge on any atom is -0.444 e. The summed E-state index contributed by atoms with van der Waals surface area (Å²) in [6.07, 6.45) is 0.326. The third kappa shape index (κ3) is 10.9. The number of ether oxygens (including phenoxy) is 2. The second kappa shape index (κ2) is 11.2. The number of nitrogens with one attached hydrogen (secondary N) is 2. The van der Waals surface area contributed by atoms with E-state index in [4.69, 9.17) is 15.2 Å². The fourth-order valence-electron chi connectivity index (χ4n) is 2.08. The Kier molecular flexibility index (Phi) is 9.29. The number of rotatable bonds is 8. The van der Waals surface area contributed by atoms with Crippen LogP contribution in [0.2, 0.25) is 0 Å². The molecule has 1 aromatic carbocycles. The van der Waals surface area contributed by atoms with Crippen LogP contribution in [0.3, 0.4) is 0 Å². The molecule has 0 heterocycles. The average Bonchev–Trinajstić information content (AvgIpc) is 2.58. The molecule has 0 aliphatic carbocycles. The van der Waals surface area contributed by atoms with E-state index in [9.17, 15) is 14.4 Å². The molecule has 1 aromatic rings. The molecule has 0 aromatic heterocycles. The molecule has 0 radical (unpaired) electrons. The average molecular weight is 379 g/mol. The Labute approximate surface area is 159 Å². The predicted octanol–water partition coefficient (Wildman–Crippen LogP) is 2.46. The first-order valence-corrected chi connectivity index (χ1v) is 8.91. The SMILES string of the molecule is CC(C)(C)OC(=O)NCCCC[C@H](N)C(=O)NC(=O)OCc1ccccc1. The Balaban J connectivity index is 2.15. The Morgan fingerprint density at radius 1 is 1.07 bits per heavy atom. The summed E-state index contributed by atoms with van der Waals surface area (Å²) in [5, 5.41) is 4.75. The first kappa shape index (κ1) is 22.4. The molecule has 0 spiro atoms. The van der Waals surface area contributed by atoms with Crippen molar-refractivity contribution >= 4 is 18.1 Å². The number of hydrogen-bond donors (Lipinski definition) is 3. The van der Waals surface area contributed by atoms with Crippen molar-refractivity contribution < 1.29 is 23.9 Å².